The number of nitrogens with zero attached hydrogens (tertiary/aromatic N) is 1. The molecule has 43 heavy (non-hydrogen) atoms. The minimum absolute atomic E-state index is 0.00564. The largest absolute Gasteiger partial charge is 0.508 e. The van der Waals surface area contributed by atoms with Crippen molar-refractivity contribution in [2.24, 2.45) is 23.3 Å². The Hall–Kier alpha value is -3.42. The van der Waals surface area contributed by atoms with Gasteiger partial charge in [0.1, 0.15) is 23.9 Å². The lowest BCUT2D eigenvalue weighted by molar-refractivity contribution is -0.459. The number of rotatable bonds is 14. The fraction of sp³-hybridized carbons (Fsp3) is 0.667. The van der Waals surface area contributed by atoms with E-state index in [1.807, 2.05) is 13.8 Å². The topological polar surface area (TPSA) is 225 Å². The standard InChI is InChI=1S/C30H48N6O7/c1-17(2)12-23(35-28(42)26(40)13-18-5-8-21(38)9-6-18)29(43)36-24-15-22(39)10-7-19(24)14-25(36)27(41)34-20(16-37)4-3-11-33-30(31)32/h5-6,8-9,17,19-20,22-26,37-40H,3-4,7,10-16H2,1-2H3,(H,34,41)(H,35,42)(H4,31,32,33)/p+1/t19-,20-,22+,23+,24-,25-,26+/m0/s1. The maximum absolute atomic E-state index is 14.2. The minimum atomic E-state index is -1.43. The number of carbonyl (C=O) groups is 3. The molecule has 1 heterocycles. The van der Waals surface area contributed by atoms with E-state index in [9.17, 15) is 34.8 Å². The van der Waals surface area contributed by atoms with Crippen LogP contribution in [0.25, 0.3) is 0 Å². The SMILES string of the molecule is CC(C)C[C@@H](NC(=O)[C@H](O)Cc1ccc(O)cc1)C(=O)N1[C@H](C(=O)N[C@H](CO)CCC[NH+]=C(N)N)C[C@@H]2CC[C@@H](O)C[C@@H]21. The number of phenolic OH excluding ortho intramolecular Hbond substituents is 1. The number of hydrogen-bond donors (Lipinski definition) is 9. The second-order valence-corrected chi connectivity index (χ2v) is 12.3. The first-order valence-electron chi connectivity index (χ1n) is 15.2. The van der Waals surface area contributed by atoms with E-state index >= 15 is 0 Å². The molecule has 0 spiro atoms. The number of amides is 3. The summed E-state index contributed by atoms with van der Waals surface area (Å²) in [6, 6.07) is 3.39. The molecule has 1 saturated heterocycles. The molecule has 2 aliphatic rings. The molecule has 2 fully saturated rings. The van der Waals surface area contributed by atoms with E-state index in [0.717, 1.165) is 0 Å². The summed E-state index contributed by atoms with van der Waals surface area (Å²) in [5.41, 5.74) is 11.5. The van der Waals surface area contributed by atoms with Crippen molar-refractivity contribution < 1.29 is 39.8 Å². The molecule has 240 valence electrons. The van der Waals surface area contributed by atoms with Crippen molar-refractivity contribution in [1.82, 2.24) is 15.5 Å². The van der Waals surface area contributed by atoms with Crippen LogP contribution in [0.4, 0.5) is 0 Å². The second kappa shape index (κ2) is 15.9. The van der Waals surface area contributed by atoms with Crippen LogP contribution in [0, 0.1) is 11.8 Å². The number of aromatic hydroxyl groups is 1. The molecular weight excluding hydrogens is 556 g/mol. The van der Waals surface area contributed by atoms with Crippen LogP contribution >= 0.6 is 0 Å². The summed E-state index contributed by atoms with van der Waals surface area (Å²) in [6.07, 6.45) is 1.29. The third kappa shape index (κ3) is 9.80. The minimum Gasteiger partial charge on any atom is -0.508 e. The number of carbonyl (C=O) groups excluding carboxylic acids is 3. The first-order chi connectivity index (χ1) is 20.4. The third-order valence-corrected chi connectivity index (χ3v) is 8.32. The Labute approximate surface area is 252 Å². The maximum atomic E-state index is 14.2. The van der Waals surface area contributed by atoms with Crippen LogP contribution in [-0.2, 0) is 20.8 Å². The van der Waals surface area contributed by atoms with Crippen molar-refractivity contribution in [2.75, 3.05) is 13.2 Å². The molecule has 0 aromatic heterocycles. The zero-order chi connectivity index (χ0) is 31.7. The van der Waals surface area contributed by atoms with Gasteiger partial charge in [0, 0.05) is 12.5 Å². The van der Waals surface area contributed by atoms with Crippen LogP contribution in [0.15, 0.2) is 24.3 Å². The molecule has 1 aliphatic heterocycles. The van der Waals surface area contributed by atoms with Gasteiger partial charge in [-0.05, 0) is 74.5 Å². The lowest BCUT2D eigenvalue weighted by Crippen LogP contribution is -2.78. The fourth-order valence-electron chi connectivity index (χ4n) is 6.16. The van der Waals surface area contributed by atoms with Crippen LogP contribution in [0.5, 0.6) is 5.75 Å². The monoisotopic (exact) mass is 605 g/mol. The molecule has 11 N–H and O–H groups in total. The number of benzene rings is 1. The van der Waals surface area contributed by atoms with Gasteiger partial charge in [-0.3, -0.25) is 30.8 Å². The molecule has 0 radical (unpaired) electrons. The Balaban J connectivity index is 1.77. The summed E-state index contributed by atoms with van der Waals surface area (Å²) < 4.78 is 0. The Morgan fingerprint density at radius 3 is 2.42 bits per heavy atom. The van der Waals surface area contributed by atoms with Gasteiger partial charge < -0.3 is 36.0 Å². The molecular formula is C30H49N6O7+. The zero-order valence-electron chi connectivity index (χ0n) is 25.1. The van der Waals surface area contributed by atoms with Gasteiger partial charge in [0.15, 0.2) is 0 Å². The van der Waals surface area contributed by atoms with Crippen molar-refractivity contribution >= 4 is 23.7 Å². The summed E-state index contributed by atoms with van der Waals surface area (Å²) in [5.74, 6) is -1.35. The van der Waals surface area contributed by atoms with Crippen LogP contribution in [0.2, 0.25) is 0 Å². The summed E-state index contributed by atoms with van der Waals surface area (Å²) in [4.78, 5) is 45.2. The van der Waals surface area contributed by atoms with Crippen molar-refractivity contribution in [3.8, 4) is 5.75 Å². The van der Waals surface area contributed by atoms with Gasteiger partial charge in [-0.15, -0.1) is 0 Å². The lowest BCUT2D eigenvalue weighted by atomic mass is 9.83. The average Bonchev–Trinajstić information content (AvgIpc) is 3.33. The maximum Gasteiger partial charge on any atom is 0.338 e. The van der Waals surface area contributed by atoms with Gasteiger partial charge in [-0.2, -0.15) is 0 Å². The van der Waals surface area contributed by atoms with Gasteiger partial charge in [0.25, 0.3) is 0 Å². The molecule has 13 heteroatoms. The second-order valence-electron chi connectivity index (χ2n) is 12.3. The van der Waals surface area contributed by atoms with Crippen LogP contribution in [0.1, 0.15) is 64.4 Å². The summed E-state index contributed by atoms with van der Waals surface area (Å²) in [6.45, 7) is 4.01. The fourth-order valence-corrected chi connectivity index (χ4v) is 6.16. The van der Waals surface area contributed by atoms with E-state index in [2.05, 4.69) is 15.6 Å². The molecule has 1 aromatic rings. The van der Waals surface area contributed by atoms with Crippen molar-refractivity contribution in [3.05, 3.63) is 29.8 Å². The quantitative estimate of drug-likeness (QED) is 0.0623. The number of guanidine groups is 1. The lowest BCUT2D eigenvalue weighted by Gasteiger charge is -2.38. The highest BCUT2D eigenvalue weighted by Gasteiger charge is 2.50. The Morgan fingerprint density at radius 1 is 1.09 bits per heavy atom. The summed E-state index contributed by atoms with van der Waals surface area (Å²) >= 11 is 0. The van der Waals surface area contributed by atoms with Gasteiger partial charge in [0.05, 0.1) is 25.3 Å². The number of hydrogen-bond acceptors (Lipinski definition) is 7. The average molecular weight is 606 g/mol. The van der Waals surface area contributed by atoms with Crippen LogP contribution < -0.4 is 27.1 Å². The van der Waals surface area contributed by atoms with Crippen molar-refractivity contribution in [3.63, 3.8) is 0 Å². The highest BCUT2D eigenvalue weighted by atomic mass is 16.3. The number of nitrogens with two attached hydrogens (primary N) is 2. The predicted molar refractivity (Wildman–Crippen MR) is 159 cm³/mol. The molecule has 0 bridgehead atoms. The first kappa shape index (κ1) is 34.1. The Kier molecular flexibility index (Phi) is 12.6. The highest BCUT2D eigenvalue weighted by molar-refractivity contribution is 5.93. The predicted octanol–water partition coefficient (Wildman–Crippen LogP) is -2.43. The molecule has 1 aromatic carbocycles. The van der Waals surface area contributed by atoms with Crippen molar-refractivity contribution in [1.29, 1.82) is 0 Å². The number of phenols is 1. The molecule has 13 nitrogen and oxygen atoms in total. The highest BCUT2D eigenvalue weighted by Crippen LogP contribution is 2.40. The van der Waals surface area contributed by atoms with E-state index < -0.39 is 48.1 Å². The number of aliphatic hydroxyl groups excluding tert-OH is 3. The Bertz CT molecular complexity index is 1110. The van der Waals surface area contributed by atoms with E-state index in [4.69, 9.17) is 11.5 Å². The van der Waals surface area contributed by atoms with E-state index in [0.29, 0.717) is 50.6 Å². The summed E-state index contributed by atoms with van der Waals surface area (Å²) in [7, 11) is 0. The van der Waals surface area contributed by atoms with Crippen molar-refractivity contribution in [2.45, 2.75) is 102 Å². The molecule has 0 unspecified atom stereocenters. The van der Waals surface area contributed by atoms with Gasteiger partial charge in [-0.25, -0.2) is 0 Å². The van der Waals surface area contributed by atoms with E-state index in [-0.39, 0.29) is 49.0 Å². The normalized spacial score (nSPS) is 23.6. The number of aliphatic hydroxyl groups is 3. The van der Waals surface area contributed by atoms with E-state index in [1.54, 1.807) is 12.1 Å². The molecule has 1 saturated carbocycles. The van der Waals surface area contributed by atoms with Gasteiger partial charge in [0.2, 0.25) is 17.7 Å². The first-order valence-corrected chi connectivity index (χ1v) is 15.2. The molecule has 3 rings (SSSR count). The van der Waals surface area contributed by atoms with E-state index in [1.165, 1.54) is 17.0 Å². The Morgan fingerprint density at radius 2 is 1.79 bits per heavy atom. The smallest absolute Gasteiger partial charge is 0.338 e. The van der Waals surface area contributed by atoms with Gasteiger partial charge >= 0.3 is 5.96 Å². The molecule has 1 aliphatic carbocycles. The number of likely N-dealkylation sites (tertiary alicyclic amines) is 1. The molecule has 3 amide bonds. The van der Waals surface area contributed by atoms with Gasteiger partial charge in [-0.1, -0.05) is 26.0 Å². The number of fused-ring (bicyclic) bond motifs is 1. The molecule has 7 atom stereocenters. The number of nitrogens with one attached hydrogen (secondary N) is 3. The zero-order valence-corrected chi connectivity index (χ0v) is 25.1. The summed E-state index contributed by atoms with van der Waals surface area (Å²) in [5, 5.41) is 46.1. The van der Waals surface area contributed by atoms with Crippen LogP contribution in [0.3, 0.4) is 0 Å². The van der Waals surface area contributed by atoms with Crippen LogP contribution in [-0.4, -0.2) is 98.5 Å². The third-order valence-electron chi connectivity index (χ3n) is 8.32.